The summed E-state index contributed by atoms with van der Waals surface area (Å²) in [6.07, 6.45) is 3.07. The van der Waals surface area contributed by atoms with Crippen LogP contribution in [0.5, 0.6) is 0 Å². The van der Waals surface area contributed by atoms with Gasteiger partial charge < -0.3 is 10.3 Å². The quantitative estimate of drug-likeness (QED) is 0.668. The van der Waals surface area contributed by atoms with Crippen molar-refractivity contribution in [2.24, 2.45) is 0 Å². The van der Waals surface area contributed by atoms with Gasteiger partial charge >= 0.3 is 0 Å². The fraction of sp³-hybridized carbons (Fsp3) is 0.200. The van der Waals surface area contributed by atoms with Gasteiger partial charge in [0.1, 0.15) is 0 Å². The highest BCUT2D eigenvalue weighted by atomic mass is 79.9. The maximum absolute atomic E-state index is 3.49. The van der Waals surface area contributed by atoms with Gasteiger partial charge in [-0.1, -0.05) is 12.1 Å². The molecule has 0 bridgehead atoms. The molecule has 3 rings (SSSR count). The predicted octanol–water partition coefficient (Wildman–Crippen LogP) is 4.32. The van der Waals surface area contributed by atoms with Crippen LogP contribution in [-0.2, 0) is 13.0 Å². The molecule has 0 amide bonds. The molecule has 2 aromatic heterocycles. The lowest BCUT2D eigenvalue weighted by atomic mass is 10.1. The Morgan fingerprint density at radius 2 is 2.11 bits per heavy atom. The summed E-state index contributed by atoms with van der Waals surface area (Å²) in [7, 11) is 0. The summed E-state index contributed by atoms with van der Waals surface area (Å²) in [6.45, 7) is 1.93. The first-order valence-electron chi connectivity index (χ1n) is 6.32. The highest BCUT2D eigenvalue weighted by Crippen LogP contribution is 2.22. The van der Waals surface area contributed by atoms with Crippen LogP contribution in [0.3, 0.4) is 0 Å². The summed E-state index contributed by atoms with van der Waals surface area (Å²) in [5.41, 5.74) is 2.53. The maximum Gasteiger partial charge on any atom is 0.0701 e. The van der Waals surface area contributed by atoms with Crippen LogP contribution in [0.1, 0.15) is 10.4 Å². The molecule has 0 unspecified atom stereocenters. The van der Waals surface area contributed by atoms with E-state index in [4.69, 9.17) is 0 Å². The first kappa shape index (κ1) is 12.9. The van der Waals surface area contributed by atoms with Gasteiger partial charge in [-0.15, -0.1) is 11.3 Å². The van der Waals surface area contributed by atoms with Gasteiger partial charge in [0.05, 0.1) is 3.79 Å². The summed E-state index contributed by atoms with van der Waals surface area (Å²) in [4.78, 5) is 4.66. The van der Waals surface area contributed by atoms with E-state index in [2.05, 4.69) is 62.6 Å². The van der Waals surface area contributed by atoms with Gasteiger partial charge in [-0.2, -0.15) is 0 Å². The van der Waals surface area contributed by atoms with E-state index in [-0.39, 0.29) is 0 Å². The van der Waals surface area contributed by atoms with Crippen LogP contribution in [0.25, 0.3) is 10.9 Å². The van der Waals surface area contributed by atoms with Crippen molar-refractivity contribution in [3.8, 4) is 0 Å². The molecule has 19 heavy (non-hydrogen) atoms. The van der Waals surface area contributed by atoms with Crippen molar-refractivity contribution in [1.29, 1.82) is 0 Å². The Kier molecular flexibility index (Phi) is 4.01. The molecule has 0 saturated carbocycles. The normalized spacial score (nSPS) is 11.2. The van der Waals surface area contributed by atoms with Gasteiger partial charge in [0.25, 0.3) is 0 Å². The Hall–Kier alpha value is -1.10. The molecule has 3 aromatic rings. The standard InChI is InChI=1S/C15H15BrN2S/c16-15-4-3-13(19-15)6-7-17-10-11-1-2-12-5-8-18-14(12)9-11/h1-5,8-9,17-18H,6-7,10H2. The Morgan fingerprint density at radius 1 is 1.16 bits per heavy atom. The van der Waals surface area contributed by atoms with E-state index < -0.39 is 0 Å². The van der Waals surface area contributed by atoms with Crippen LogP contribution in [-0.4, -0.2) is 11.5 Å². The zero-order valence-corrected chi connectivity index (χ0v) is 12.9. The van der Waals surface area contributed by atoms with Gasteiger partial charge in [0.15, 0.2) is 0 Å². The highest BCUT2D eigenvalue weighted by Gasteiger charge is 1.99. The van der Waals surface area contributed by atoms with E-state index >= 15 is 0 Å². The molecule has 0 atom stereocenters. The summed E-state index contributed by atoms with van der Waals surface area (Å²) in [5, 5.41) is 4.76. The van der Waals surface area contributed by atoms with Crippen molar-refractivity contribution in [1.82, 2.24) is 10.3 Å². The predicted molar refractivity (Wildman–Crippen MR) is 85.7 cm³/mol. The monoisotopic (exact) mass is 334 g/mol. The zero-order valence-electron chi connectivity index (χ0n) is 10.4. The minimum Gasteiger partial charge on any atom is -0.361 e. The van der Waals surface area contributed by atoms with E-state index in [0.29, 0.717) is 0 Å². The number of hydrogen-bond acceptors (Lipinski definition) is 2. The number of nitrogens with one attached hydrogen (secondary N) is 2. The maximum atomic E-state index is 3.49. The van der Waals surface area contributed by atoms with E-state index in [0.717, 1.165) is 19.5 Å². The van der Waals surface area contributed by atoms with E-state index in [1.807, 2.05) is 17.5 Å². The van der Waals surface area contributed by atoms with Crippen LogP contribution in [0, 0.1) is 0 Å². The average Bonchev–Trinajstić information content (AvgIpc) is 3.03. The Morgan fingerprint density at radius 3 is 2.95 bits per heavy atom. The second-order valence-corrected chi connectivity index (χ2v) is 7.08. The van der Waals surface area contributed by atoms with Crippen molar-refractivity contribution < 1.29 is 0 Å². The number of aromatic amines is 1. The van der Waals surface area contributed by atoms with Crippen LogP contribution in [0.4, 0.5) is 0 Å². The number of halogens is 1. The first-order valence-corrected chi connectivity index (χ1v) is 7.93. The molecular formula is C15H15BrN2S. The number of thiophene rings is 1. The number of hydrogen-bond donors (Lipinski definition) is 2. The van der Waals surface area contributed by atoms with Crippen molar-refractivity contribution >= 4 is 38.2 Å². The topological polar surface area (TPSA) is 27.8 Å². The molecule has 2 heterocycles. The second kappa shape index (κ2) is 5.90. The Balaban J connectivity index is 1.51. The molecule has 1 aromatic carbocycles. The number of aromatic nitrogens is 1. The van der Waals surface area contributed by atoms with Crippen LogP contribution in [0.2, 0.25) is 0 Å². The zero-order chi connectivity index (χ0) is 13.1. The minimum absolute atomic E-state index is 0.918. The second-order valence-electron chi connectivity index (χ2n) is 4.53. The van der Waals surface area contributed by atoms with Crippen molar-refractivity contribution in [2.45, 2.75) is 13.0 Å². The first-order chi connectivity index (χ1) is 9.31. The van der Waals surface area contributed by atoms with Crippen LogP contribution >= 0.6 is 27.3 Å². The minimum atomic E-state index is 0.918. The third-order valence-corrected chi connectivity index (χ3v) is 4.81. The summed E-state index contributed by atoms with van der Waals surface area (Å²) < 4.78 is 1.21. The van der Waals surface area contributed by atoms with Gasteiger partial charge in [0.2, 0.25) is 0 Å². The fourth-order valence-electron chi connectivity index (χ4n) is 2.14. The van der Waals surface area contributed by atoms with Gasteiger partial charge in [0, 0.05) is 29.7 Å². The molecule has 4 heteroatoms. The molecule has 0 fully saturated rings. The summed E-state index contributed by atoms with van der Waals surface area (Å²) in [6, 6.07) is 13.0. The van der Waals surface area contributed by atoms with Gasteiger partial charge in [-0.05, 0) is 57.6 Å². The van der Waals surface area contributed by atoms with Crippen molar-refractivity contribution in [2.75, 3.05) is 6.54 Å². The summed E-state index contributed by atoms with van der Waals surface area (Å²) in [5.74, 6) is 0. The molecule has 2 nitrogen and oxygen atoms in total. The lowest BCUT2D eigenvalue weighted by Gasteiger charge is -2.04. The Labute approximate surface area is 125 Å². The van der Waals surface area contributed by atoms with E-state index in [1.165, 1.54) is 25.1 Å². The van der Waals surface area contributed by atoms with E-state index in [9.17, 15) is 0 Å². The number of H-pyrrole nitrogens is 1. The summed E-state index contributed by atoms with van der Waals surface area (Å²) >= 11 is 5.30. The molecule has 0 aliphatic rings. The molecule has 0 aliphatic carbocycles. The van der Waals surface area contributed by atoms with Gasteiger partial charge in [-0.3, -0.25) is 0 Å². The lowest BCUT2D eigenvalue weighted by molar-refractivity contribution is 0.691. The lowest BCUT2D eigenvalue weighted by Crippen LogP contribution is -2.16. The molecule has 0 spiro atoms. The molecule has 0 aliphatic heterocycles. The highest BCUT2D eigenvalue weighted by molar-refractivity contribution is 9.11. The molecule has 0 radical (unpaired) electrons. The van der Waals surface area contributed by atoms with Crippen LogP contribution in [0.15, 0.2) is 46.4 Å². The average molecular weight is 335 g/mol. The number of benzene rings is 1. The van der Waals surface area contributed by atoms with Gasteiger partial charge in [-0.25, -0.2) is 0 Å². The number of fused-ring (bicyclic) bond motifs is 1. The third kappa shape index (κ3) is 3.26. The molecule has 2 N–H and O–H groups in total. The smallest absolute Gasteiger partial charge is 0.0701 e. The fourth-order valence-corrected chi connectivity index (χ4v) is 3.62. The molecule has 98 valence electrons. The number of rotatable bonds is 5. The molecule has 0 saturated heterocycles. The van der Waals surface area contributed by atoms with Crippen molar-refractivity contribution in [3.63, 3.8) is 0 Å². The van der Waals surface area contributed by atoms with Crippen molar-refractivity contribution in [3.05, 3.63) is 56.8 Å². The van der Waals surface area contributed by atoms with E-state index in [1.54, 1.807) is 0 Å². The third-order valence-electron chi connectivity index (χ3n) is 3.13. The van der Waals surface area contributed by atoms with Crippen LogP contribution < -0.4 is 5.32 Å². The molecular weight excluding hydrogens is 320 g/mol. The Bertz CT molecular complexity index is 671. The SMILES string of the molecule is Brc1ccc(CCNCc2ccc3cc[nH]c3c2)s1. The largest absolute Gasteiger partial charge is 0.361 e.